The molecule has 0 radical (unpaired) electrons. The van der Waals surface area contributed by atoms with E-state index in [0.717, 1.165) is 12.3 Å². The molecule has 1 saturated carbocycles. The van der Waals surface area contributed by atoms with E-state index in [-0.39, 0.29) is 0 Å². The van der Waals surface area contributed by atoms with Crippen LogP contribution in [0.3, 0.4) is 0 Å². The lowest BCUT2D eigenvalue weighted by Gasteiger charge is -2.21. The van der Waals surface area contributed by atoms with Crippen LogP contribution in [-0.4, -0.2) is 15.7 Å². The Kier molecular flexibility index (Phi) is 4.28. The standard InChI is InChI=1S/C13H21ClN2/c1-11(10-14)9-12-7-8-16(15-12)13-5-3-2-4-6-13/h7-8,11,13H,2-6,9-10H2,1H3. The van der Waals surface area contributed by atoms with Gasteiger partial charge in [-0.2, -0.15) is 5.10 Å². The van der Waals surface area contributed by atoms with Crippen LogP contribution in [0.15, 0.2) is 12.3 Å². The first-order valence-electron chi connectivity index (χ1n) is 6.39. The minimum Gasteiger partial charge on any atom is -0.269 e. The van der Waals surface area contributed by atoms with Crippen LogP contribution in [0.5, 0.6) is 0 Å². The van der Waals surface area contributed by atoms with Gasteiger partial charge in [-0.05, 0) is 31.2 Å². The van der Waals surface area contributed by atoms with Crippen molar-refractivity contribution >= 4 is 11.6 Å². The van der Waals surface area contributed by atoms with Crippen LogP contribution in [0.25, 0.3) is 0 Å². The average molecular weight is 241 g/mol. The van der Waals surface area contributed by atoms with E-state index in [1.807, 2.05) is 0 Å². The molecule has 0 saturated heterocycles. The Labute approximate surface area is 103 Å². The topological polar surface area (TPSA) is 17.8 Å². The maximum Gasteiger partial charge on any atom is 0.0627 e. The first-order chi connectivity index (χ1) is 7.79. The van der Waals surface area contributed by atoms with E-state index in [4.69, 9.17) is 11.6 Å². The number of aromatic nitrogens is 2. The Bertz CT molecular complexity index is 315. The summed E-state index contributed by atoms with van der Waals surface area (Å²) in [5.41, 5.74) is 1.19. The fraction of sp³-hybridized carbons (Fsp3) is 0.769. The number of halogens is 1. The monoisotopic (exact) mass is 240 g/mol. The summed E-state index contributed by atoms with van der Waals surface area (Å²) in [5.74, 6) is 1.24. The molecule has 90 valence electrons. The highest BCUT2D eigenvalue weighted by molar-refractivity contribution is 6.18. The molecule has 1 aromatic heterocycles. The first kappa shape index (κ1) is 12.0. The molecule has 0 bridgehead atoms. The lowest BCUT2D eigenvalue weighted by atomic mass is 9.96. The van der Waals surface area contributed by atoms with Gasteiger partial charge in [0.1, 0.15) is 0 Å². The SMILES string of the molecule is CC(CCl)Cc1ccn(C2CCCCC2)n1. The highest BCUT2D eigenvalue weighted by Crippen LogP contribution is 2.27. The summed E-state index contributed by atoms with van der Waals surface area (Å²) in [5, 5.41) is 4.68. The van der Waals surface area contributed by atoms with Crippen LogP contribution >= 0.6 is 11.6 Å². The molecule has 2 rings (SSSR count). The van der Waals surface area contributed by atoms with Gasteiger partial charge >= 0.3 is 0 Å². The van der Waals surface area contributed by atoms with Crippen molar-refractivity contribution in [2.75, 3.05) is 5.88 Å². The summed E-state index contributed by atoms with van der Waals surface area (Å²) in [6.07, 6.45) is 9.86. The van der Waals surface area contributed by atoms with Gasteiger partial charge in [0.15, 0.2) is 0 Å². The molecule has 0 aliphatic heterocycles. The summed E-state index contributed by atoms with van der Waals surface area (Å²) in [6.45, 7) is 2.17. The van der Waals surface area contributed by atoms with Crippen molar-refractivity contribution in [3.05, 3.63) is 18.0 Å². The fourth-order valence-electron chi connectivity index (χ4n) is 2.45. The van der Waals surface area contributed by atoms with Gasteiger partial charge in [-0.25, -0.2) is 0 Å². The second kappa shape index (κ2) is 5.72. The van der Waals surface area contributed by atoms with Gasteiger partial charge in [0, 0.05) is 12.1 Å². The van der Waals surface area contributed by atoms with Crippen LogP contribution in [0.1, 0.15) is 50.8 Å². The zero-order chi connectivity index (χ0) is 11.4. The first-order valence-corrected chi connectivity index (χ1v) is 6.93. The quantitative estimate of drug-likeness (QED) is 0.732. The fourth-order valence-corrected chi connectivity index (χ4v) is 2.56. The Balaban J connectivity index is 1.95. The van der Waals surface area contributed by atoms with Gasteiger partial charge in [-0.1, -0.05) is 26.2 Å². The minimum absolute atomic E-state index is 0.524. The van der Waals surface area contributed by atoms with Crippen molar-refractivity contribution < 1.29 is 0 Å². The smallest absolute Gasteiger partial charge is 0.0627 e. The Morgan fingerprint density at radius 1 is 1.44 bits per heavy atom. The van der Waals surface area contributed by atoms with Gasteiger partial charge in [0.2, 0.25) is 0 Å². The summed E-state index contributed by atoms with van der Waals surface area (Å²) in [4.78, 5) is 0. The number of hydrogen-bond acceptors (Lipinski definition) is 1. The average Bonchev–Trinajstić information content (AvgIpc) is 2.78. The number of hydrogen-bond donors (Lipinski definition) is 0. The summed E-state index contributed by atoms with van der Waals surface area (Å²) in [7, 11) is 0. The van der Waals surface area contributed by atoms with E-state index in [9.17, 15) is 0 Å². The largest absolute Gasteiger partial charge is 0.269 e. The zero-order valence-electron chi connectivity index (χ0n) is 10.0. The van der Waals surface area contributed by atoms with Crippen molar-refractivity contribution in [1.29, 1.82) is 0 Å². The maximum absolute atomic E-state index is 5.82. The molecule has 0 spiro atoms. The summed E-state index contributed by atoms with van der Waals surface area (Å²) >= 11 is 5.82. The molecule has 1 heterocycles. The second-order valence-corrected chi connectivity index (χ2v) is 5.35. The van der Waals surface area contributed by atoms with E-state index in [1.165, 1.54) is 37.8 Å². The van der Waals surface area contributed by atoms with Crippen molar-refractivity contribution in [1.82, 2.24) is 9.78 Å². The Hall–Kier alpha value is -0.500. The van der Waals surface area contributed by atoms with Gasteiger partial charge in [0.05, 0.1) is 11.7 Å². The number of nitrogens with zero attached hydrogens (tertiary/aromatic N) is 2. The van der Waals surface area contributed by atoms with Crippen LogP contribution in [0.2, 0.25) is 0 Å². The summed E-state index contributed by atoms with van der Waals surface area (Å²) in [6, 6.07) is 2.80. The molecule has 1 aromatic rings. The summed E-state index contributed by atoms with van der Waals surface area (Å²) < 4.78 is 2.18. The third kappa shape index (κ3) is 3.00. The lowest BCUT2D eigenvalue weighted by molar-refractivity contribution is 0.327. The molecule has 3 heteroatoms. The van der Waals surface area contributed by atoms with Gasteiger partial charge < -0.3 is 0 Å². The third-order valence-electron chi connectivity index (χ3n) is 3.43. The highest BCUT2D eigenvalue weighted by atomic mass is 35.5. The molecular formula is C13H21ClN2. The van der Waals surface area contributed by atoms with Gasteiger partial charge in [0.25, 0.3) is 0 Å². The molecule has 1 unspecified atom stereocenters. The van der Waals surface area contributed by atoms with Crippen LogP contribution in [0, 0.1) is 5.92 Å². The third-order valence-corrected chi connectivity index (χ3v) is 3.96. The van der Waals surface area contributed by atoms with E-state index in [2.05, 4.69) is 29.0 Å². The van der Waals surface area contributed by atoms with Crippen LogP contribution in [-0.2, 0) is 6.42 Å². The van der Waals surface area contributed by atoms with E-state index >= 15 is 0 Å². The predicted molar refractivity (Wildman–Crippen MR) is 67.9 cm³/mol. The van der Waals surface area contributed by atoms with E-state index in [1.54, 1.807) is 0 Å². The predicted octanol–water partition coefficient (Wildman–Crippen LogP) is 3.81. The lowest BCUT2D eigenvalue weighted by Crippen LogP contribution is -2.13. The molecule has 1 atom stereocenters. The van der Waals surface area contributed by atoms with Crippen molar-refractivity contribution in [2.24, 2.45) is 5.92 Å². The molecule has 0 amide bonds. The maximum atomic E-state index is 5.82. The van der Waals surface area contributed by atoms with E-state index < -0.39 is 0 Å². The Morgan fingerprint density at radius 2 is 2.19 bits per heavy atom. The molecular weight excluding hydrogens is 220 g/mol. The van der Waals surface area contributed by atoms with Gasteiger partial charge in [-0.15, -0.1) is 11.6 Å². The van der Waals surface area contributed by atoms with Crippen molar-refractivity contribution in [2.45, 2.75) is 51.5 Å². The number of rotatable bonds is 4. The molecule has 1 fully saturated rings. The van der Waals surface area contributed by atoms with E-state index in [0.29, 0.717) is 12.0 Å². The molecule has 0 N–H and O–H groups in total. The van der Waals surface area contributed by atoms with Crippen LogP contribution < -0.4 is 0 Å². The van der Waals surface area contributed by atoms with Crippen molar-refractivity contribution in [3.63, 3.8) is 0 Å². The Morgan fingerprint density at radius 3 is 2.88 bits per heavy atom. The number of alkyl halides is 1. The molecule has 16 heavy (non-hydrogen) atoms. The van der Waals surface area contributed by atoms with Gasteiger partial charge in [-0.3, -0.25) is 4.68 Å². The normalized spacial score (nSPS) is 19.9. The highest BCUT2D eigenvalue weighted by Gasteiger charge is 2.16. The molecule has 0 aromatic carbocycles. The second-order valence-electron chi connectivity index (χ2n) is 5.04. The van der Waals surface area contributed by atoms with Crippen LogP contribution in [0.4, 0.5) is 0 Å². The van der Waals surface area contributed by atoms with Crippen molar-refractivity contribution in [3.8, 4) is 0 Å². The molecule has 1 aliphatic rings. The molecule has 1 aliphatic carbocycles. The zero-order valence-corrected chi connectivity index (χ0v) is 10.8. The molecule has 2 nitrogen and oxygen atoms in total. The minimum atomic E-state index is 0.524.